The predicted octanol–water partition coefficient (Wildman–Crippen LogP) is -1.46. The first-order valence-corrected chi connectivity index (χ1v) is 6.25. The number of nitrogens with two attached hydrogens (primary N) is 1. The lowest BCUT2D eigenvalue weighted by Crippen LogP contribution is -2.38. The van der Waals surface area contributed by atoms with Gasteiger partial charge in [0.1, 0.15) is 6.54 Å². The molecule has 2 rings (SSSR count). The number of nitrogens with zero attached hydrogens (tertiary/aromatic N) is 5. The average molecular weight is 266 g/mol. The fourth-order valence-corrected chi connectivity index (χ4v) is 1.96. The second kappa shape index (κ2) is 5.79. The van der Waals surface area contributed by atoms with Crippen LogP contribution in [-0.4, -0.2) is 69.8 Å². The highest BCUT2D eigenvalue weighted by Crippen LogP contribution is 2.07. The second-order valence-corrected chi connectivity index (χ2v) is 4.55. The molecule has 1 fully saturated rings. The zero-order chi connectivity index (χ0) is 13.8. The van der Waals surface area contributed by atoms with Crippen LogP contribution >= 0.6 is 0 Å². The van der Waals surface area contributed by atoms with Gasteiger partial charge in [-0.25, -0.2) is 0 Å². The van der Waals surface area contributed by atoms with Crippen LogP contribution in [-0.2, 0) is 11.3 Å². The fraction of sp³-hybridized carbons (Fsp3) is 0.636. The molecule has 19 heavy (non-hydrogen) atoms. The zero-order valence-electron chi connectivity index (χ0n) is 10.9. The molecule has 0 spiro atoms. The van der Waals surface area contributed by atoms with Crippen LogP contribution in [0.4, 0.5) is 0 Å². The molecule has 104 valence electrons. The van der Waals surface area contributed by atoms with Crippen molar-refractivity contribution in [2.75, 3.05) is 33.2 Å². The third-order valence-corrected chi connectivity index (χ3v) is 3.08. The Morgan fingerprint density at radius 3 is 3.00 bits per heavy atom. The lowest BCUT2D eigenvalue weighted by atomic mass is 10.3. The molecule has 1 aromatic heterocycles. The summed E-state index contributed by atoms with van der Waals surface area (Å²) in [7, 11) is 1.74. The van der Waals surface area contributed by atoms with Crippen LogP contribution in [0.3, 0.4) is 0 Å². The zero-order valence-corrected chi connectivity index (χ0v) is 10.9. The Morgan fingerprint density at radius 1 is 1.47 bits per heavy atom. The number of rotatable bonds is 3. The number of likely N-dealkylation sites (N-methyl/N-ethyl adjacent to an activating group) is 1. The van der Waals surface area contributed by atoms with E-state index in [0.29, 0.717) is 26.2 Å². The van der Waals surface area contributed by atoms with Gasteiger partial charge in [-0.1, -0.05) is 5.21 Å². The highest BCUT2D eigenvalue weighted by Gasteiger charge is 2.25. The molecule has 0 radical (unpaired) electrons. The quantitative estimate of drug-likeness (QED) is 0.721. The normalized spacial score (nSPS) is 16.6. The van der Waals surface area contributed by atoms with Crippen molar-refractivity contribution in [3.05, 3.63) is 11.9 Å². The van der Waals surface area contributed by atoms with Gasteiger partial charge in [-0.15, -0.1) is 5.10 Å². The Balaban J connectivity index is 2.07. The second-order valence-electron chi connectivity index (χ2n) is 4.55. The lowest BCUT2D eigenvalue weighted by molar-refractivity contribution is -0.129. The summed E-state index contributed by atoms with van der Waals surface area (Å²) in [6.45, 7) is 2.27. The molecule has 1 aromatic rings. The third kappa shape index (κ3) is 3.08. The number of carbonyl (C=O) groups is 2. The first kappa shape index (κ1) is 13.5. The van der Waals surface area contributed by atoms with Crippen molar-refractivity contribution >= 4 is 11.8 Å². The van der Waals surface area contributed by atoms with Gasteiger partial charge < -0.3 is 15.5 Å². The number of aromatic nitrogens is 3. The van der Waals surface area contributed by atoms with E-state index < -0.39 is 0 Å². The number of hydrogen-bond donors (Lipinski definition) is 1. The Bertz CT molecular complexity index is 472. The van der Waals surface area contributed by atoms with Gasteiger partial charge in [0.2, 0.25) is 5.91 Å². The molecule has 0 bridgehead atoms. The Hall–Kier alpha value is -1.96. The minimum Gasteiger partial charge on any atom is -0.344 e. The molecule has 8 heteroatoms. The van der Waals surface area contributed by atoms with Gasteiger partial charge in [0.15, 0.2) is 5.69 Å². The minimum atomic E-state index is -0.257. The van der Waals surface area contributed by atoms with E-state index in [2.05, 4.69) is 10.3 Å². The van der Waals surface area contributed by atoms with Gasteiger partial charge in [-0.3, -0.25) is 14.3 Å². The molecule has 0 aliphatic carbocycles. The van der Waals surface area contributed by atoms with Gasteiger partial charge in [-0.2, -0.15) is 0 Å². The van der Waals surface area contributed by atoms with Crippen molar-refractivity contribution in [3.63, 3.8) is 0 Å². The maximum absolute atomic E-state index is 12.2. The molecule has 0 aromatic carbocycles. The molecule has 8 nitrogen and oxygen atoms in total. The van der Waals surface area contributed by atoms with Gasteiger partial charge in [0, 0.05) is 26.7 Å². The van der Waals surface area contributed by atoms with Gasteiger partial charge in [0.25, 0.3) is 5.91 Å². The SMILES string of the molecule is CN1CCCN(C(=O)c2cn(CCN)nn2)CC1=O. The number of carbonyl (C=O) groups excluding carboxylic acids is 2. The molecule has 1 aliphatic heterocycles. The van der Waals surface area contributed by atoms with Crippen LogP contribution in [0.25, 0.3) is 0 Å². The molecule has 2 N–H and O–H groups in total. The number of hydrogen-bond acceptors (Lipinski definition) is 5. The molecule has 2 heterocycles. The summed E-state index contributed by atoms with van der Waals surface area (Å²) in [5, 5.41) is 7.65. The predicted molar refractivity (Wildman–Crippen MR) is 67.2 cm³/mol. The summed E-state index contributed by atoms with van der Waals surface area (Å²) in [4.78, 5) is 27.1. The molecule has 0 unspecified atom stereocenters. The number of amides is 2. The first-order valence-electron chi connectivity index (χ1n) is 6.25. The molecule has 2 amide bonds. The molecule has 0 saturated carbocycles. The maximum Gasteiger partial charge on any atom is 0.276 e. The third-order valence-electron chi connectivity index (χ3n) is 3.08. The highest BCUT2D eigenvalue weighted by molar-refractivity contribution is 5.94. The van der Waals surface area contributed by atoms with Gasteiger partial charge in [-0.05, 0) is 6.42 Å². The summed E-state index contributed by atoms with van der Waals surface area (Å²) in [5.74, 6) is -0.313. The van der Waals surface area contributed by atoms with E-state index in [9.17, 15) is 9.59 Å². The van der Waals surface area contributed by atoms with Crippen LogP contribution in [0.15, 0.2) is 6.20 Å². The standard InChI is InChI=1S/C11H18N6O2/c1-15-4-2-5-16(8-10(15)18)11(19)9-7-17(6-3-12)14-13-9/h7H,2-6,8,12H2,1H3. The van der Waals surface area contributed by atoms with Crippen molar-refractivity contribution < 1.29 is 9.59 Å². The summed E-state index contributed by atoms with van der Waals surface area (Å²) < 4.78 is 1.53. The molecule has 0 atom stereocenters. The van der Waals surface area contributed by atoms with Crippen molar-refractivity contribution in [1.29, 1.82) is 0 Å². The highest BCUT2D eigenvalue weighted by atomic mass is 16.2. The Kier molecular flexibility index (Phi) is 4.10. The van der Waals surface area contributed by atoms with E-state index in [1.165, 1.54) is 9.58 Å². The lowest BCUT2D eigenvalue weighted by Gasteiger charge is -2.18. The fourth-order valence-electron chi connectivity index (χ4n) is 1.96. The summed E-state index contributed by atoms with van der Waals surface area (Å²) in [5.41, 5.74) is 5.66. The van der Waals surface area contributed by atoms with Crippen molar-refractivity contribution in [1.82, 2.24) is 24.8 Å². The van der Waals surface area contributed by atoms with Crippen LogP contribution in [0.1, 0.15) is 16.9 Å². The van der Waals surface area contributed by atoms with Crippen molar-refractivity contribution in [3.8, 4) is 0 Å². The summed E-state index contributed by atoms with van der Waals surface area (Å²) >= 11 is 0. The Morgan fingerprint density at radius 2 is 2.26 bits per heavy atom. The summed E-state index contributed by atoms with van der Waals surface area (Å²) in [6.07, 6.45) is 2.33. The van der Waals surface area contributed by atoms with Crippen LogP contribution in [0.2, 0.25) is 0 Å². The maximum atomic E-state index is 12.2. The topological polar surface area (TPSA) is 97.3 Å². The van der Waals surface area contributed by atoms with Gasteiger partial charge >= 0.3 is 0 Å². The van der Waals surface area contributed by atoms with Crippen molar-refractivity contribution in [2.24, 2.45) is 5.73 Å². The van der Waals surface area contributed by atoms with E-state index in [-0.39, 0.29) is 24.1 Å². The van der Waals surface area contributed by atoms with E-state index in [0.717, 1.165) is 6.42 Å². The van der Waals surface area contributed by atoms with Gasteiger partial charge in [0.05, 0.1) is 12.7 Å². The van der Waals surface area contributed by atoms with E-state index in [1.54, 1.807) is 18.1 Å². The minimum absolute atomic E-state index is 0.0554. The van der Waals surface area contributed by atoms with Crippen LogP contribution in [0.5, 0.6) is 0 Å². The van der Waals surface area contributed by atoms with E-state index in [1.807, 2.05) is 0 Å². The van der Waals surface area contributed by atoms with Crippen LogP contribution < -0.4 is 5.73 Å². The van der Waals surface area contributed by atoms with Crippen LogP contribution in [0, 0.1) is 0 Å². The largest absolute Gasteiger partial charge is 0.344 e. The average Bonchev–Trinajstić information content (AvgIpc) is 2.78. The first-order chi connectivity index (χ1) is 9.11. The molecular formula is C11H18N6O2. The summed E-state index contributed by atoms with van der Waals surface area (Å²) in [6, 6.07) is 0. The molecule has 1 saturated heterocycles. The molecule has 1 aliphatic rings. The monoisotopic (exact) mass is 266 g/mol. The molecular weight excluding hydrogens is 248 g/mol. The van der Waals surface area contributed by atoms with Crippen molar-refractivity contribution in [2.45, 2.75) is 13.0 Å². The van der Waals surface area contributed by atoms with E-state index in [4.69, 9.17) is 5.73 Å². The Labute approximate surface area is 111 Å². The smallest absolute Gasteiger partial charge is 0.276 e. The van der Waals surface area contributed by atoms with E-state index >= 15 is 0 Å².